The van der Waals surface area contributed by atoms with Gasteiger partial charge in [0.15, 0.2) is 16.7 Å². The van der Waals surface area contributed by atoms with Crippen molar-refractivity contribution in [1.29, 1.82) is 0 Å². The maximum atomic E-state index is 12.4. The van der Waals surface area contributed by atoms with Crippen molar-refractivity contribution >= 4 is 46.1 Å². The predicted molar refractivity (Wildman–Crippen MR) is 135 cm³/mol. The number of benzene rings is 2. The third-order valence-electron chi connectivity index (χ3n) is 4.69. The van der Waals surface area contributed by atoms with Gasteiger partial charge in [-0.15, -0.1) is 10.2 Å². The number of ether oxygens (including phenoxy) is 1. The van der Waals surface area contributed by atoms with Crippen LogP contribution in [0.3, 0.4) is 0 Å². The summed E-state index contributed by atoms with van der Waals surface area (Å²) in [6, 6.07) is 22.0. The molecule has 0 fully saturated rings. The fourth-order valence-corrected chi connectivity index (χ4v) is 3.98. The summed E-state index contributed by atoms with van der Waals surface area (Å²) in [5.74, 6) is 0.419. The normalized spacial score (nSPS) is 11.4. The molecule has 4 rings (SSSR count). The first kappa shape index (κ1) is 22.5. The van der Waals surface area contributed by atoms with Crippen LogP contribution in [-0.2, 0) is 4.79 Å². The van der Waals surface area contributed by atoms with E-state index in [1.807, 2.05) is 59.3 Å². The number of esters is 1. The van der Waals surface area contributed by atoms with Gasteiger partial charge < -0.3 is 21.1 Å². The third-order valence-corrected chi connectivity index (χ3v) is 5.60. The molecule has 7 nitrogen and oxygen atoms in total. The van der Waals surface area contributed by atoms with E-state index in [2.05, 4.69) is 20.8 Å². The van der Waals surface area contributed by atoms with Gasteiger partial charge in [-0.25, -0.2) is 0 Å². The van der Waals surface area contributed by atoms with E-state index in [0.29, 0.717) is 17.3 Å². The second-order valence-corrected chi connectivity index (χ2v) is 8.27. The van der Waals surface area contributed by atoms with E-state index >= 15 is 0 Å². The van der Waals surface area contributed by atoms with Gasteiger partial charge in [-0.1, -0.05) is 42.5 Å². The Morgan fingerprint density at radius 3 is 2.52 bits per heavy atom. The van der Waals surface area contributed by atoms with Crippen LogP contribution in [0.15, 0.2) is 83.6 Å². The Labute approximate surface area is 200 Å². The number of nitrogens with zero attached hydrogens (tertiary/aromatic N) is 2. The largest absolute Gasteiger partial charge is 0.424 e. The molecule has 0 spiro atoms. The average Bonchev–Trinajstić information content (AvgIpc) is 3.37. The van der Waals surface area contributed by atoms with Crippen molar-refractivity contribution in [3.05, 3.63) is 89.1 Å². The van der Waals surface area contributed by atoms with Crippen molar-refractivity contribution in [3.63, 3.8) is 0 Å². The van der Waals surface area contributed by atoms with Gasteiger partial charge in [0, 0.05) is 11.6 Å². The van der Waals surface area contributed by atoms with E-state index in [9.17, 15) is 4.79 Å². The van der Waals surface area contributed by atoms with Crippen LogP contribution in [0.2, 0.25) is 0 Å². The monoisotopic (exact) mass is 475 g/mol. The van der Waals surface area contributed by atoms with Crippen molar-refractivity contribution in [2.75, 3.05) is 10.6 Å². The number of carbonyl (C=O) groups is 1. The Bertz CT molecular complexity index is 1220. The van der Waals surface area contributed by atoms with E-state index in [-0.39, 0.29) is 11.5 Å². The number of hydrogen-bond donors (Lipinski definition) is 3. The van der Waals surface area contributed by atoms with Crippen LogP contribution in [0.25, 0.3) is 11.3 Å². The lowest BCUT2D eigenvalue weighted by atomic mass is 10.1. The van der Waals surface area contributed by atoms with E-state index in [1.165, 1.54) is 11.3 Å². The lowest BCUT2D eigenvalue weighted by Crippen LogP contribution is -2.22. The Morgan fingerprint density at radius 2 is 1.79 bits per heavy atom. The first-order chi connectivity index (χ1) is 16.1. The number of nitrogens with two attached hydrogens (primary N) is 1. The summed E-state index contributed by atoms with van der Waals surface area (Å²) in [7, 11) is 0. The van der Waals surface area contributed by atoms with Gasteiger partial charge in [-0.3, -0.25) is 4.79 Å². The summed E-state index contributed by atoms with van der Waals surface area (Å²) in [6.45, 7) is 0. The molecule has 2 aromatic carbocycles. The van der Waals surface area contributed by atoms with Gasteiger partial charge >= 0.3 is 5.97 Å². The molecule has 0 aliphatic rings. The van der Waals surface area contributed by atoms with Gasteiger partial charge in [0.1, 0.15) is 0 Å². The highest BCUT2D eigenvalue weighted by atomic mass is 32.1. The zero-order valence-electron chi connectivity index (χ0n) is 17.5. The Balaban J connectivity index is 1.36. The van der Waals surface area contributed by atoms with Crippen LogP contribution < -0.4 is 21.1 Å². The minimum Gasteiger partial charge on any atom is -0.424 e. The molecule has 0 aliphatic carbocycles. The van der Waals surface area contributed by atoms with Gasteiger partial charge in [0.05, 0.1) is 17.8 Å². The molecule has 4 aromatic rings. The van der Waals surface area contributed by atoms with Crippen LogP contribution in [0, 0.1) is 0 Å². The lowest BCUT2D eigenvalue weighted by Gasteiger charge is -2.14. The molecule has 0 radical (unpaired) electrons. The molecule has 0 aliphatic heterocycles. The molecular formula is C24H21N5O2S2. The fraction of sp³-hybridized carbons (Fsp3) is 0.0833. The van der Waals surface area contributed by atoms with Gasteiger partial charge in [0.2, 0.25) is 0 Å². The van der Waals surface area contributed by atoms with Crippen molar-refractivity contribution in [3.8, 4) is 17.0 Å². The average molecular weight is 476 g/mol. The SMILES string of the molecule is NC(CC(=O)Oc1ccccc1NC(=S)Nc1ccc(-c2ccccc2)nn1)c1ccsc1. The van der Waals surface area contributed by atoms with Crippen molar-refractivity contribution < 1.29 is 9.53 Å². The molecule has 2 heterocycles. The Hall–Kier alpha value is -3.66. The maximum Gasteiger partial charge on any atom is 0.313 e. The minimum atomic E-state index is -0.427. The molecule has 33 heavy (non-hydrogen) atoms. The highest BCUT2D eigenvalue weighted by molar-refractivity contribution is 7.80. The topological polar surface area (TPSA) is 102 Å². The number of thiocarbonyl (C=S) groups is 1. The number of aromatic nitrogens is 2. The molecule has 9 heteroatoms. The Kier molecular flexibility index (Phi) is 7.36. The fourth-order valence-electron chi connectivity index (χ4n) is 3.04. The van der Waals surface area contributed by atoms with Crippen LogP contribution in [0.1, 0.15) is 18.0 Å². The Morgan fingerprint density at radius 1 is 1.00 bits per heavy atom. The van der Waals surface area contributed by atoms with E-state index in [1.54, 1.807) is 24.3 Å². The first-order valence-electron chi connectivity index (χ1n) is 10.1. The second-order valence-electron chi connectivity index (χ2n) is 7.09. The highest BCUT2D eigenvalue weighted by Gasteiger charge is 2.16. The lowest BCUT2D eigenvalue weighted by molar-refractivity contribution is -0.134. The van der Waals surface area contributed by atoms with Crippen molar-refractivity contribution in [2.24, 2.45) is 5.73 Å². The number of thiophene rings is 1. The zero-order valence-corrected chi connectivity index (χ0v) is 19.1. The molecule has 0 saturated carbocycles. The van der Waals surface area contributed by atoms with Gasteiger partial charge in [0.25, 0.3) is 0 Å². The number of para-hydroxylation sites is 2. The summed E-state index contributed by atoms with van der Waals surface area (Å²) >= 11 is 6.93. The number of rotatable bonds is 7. The summed E-state index contributed by atoms with van der Waals surface area (Å²) in [5, 5.41) is 18.6. The summed E-state index contributed by atoms with van der Waals surface area (Å²) in [5.41, 5.74) is 9.29. The molecule has 0 bridgehead atoms. The molecule has 1 unspecified atom stereocenters. The summed E-state index contributed by atoms with van der Waals surface area (Å²) in [4.78, 5) is 12.4. The van der Waals surface area contributed by atoms with E-state index < -0.39 is 12.0 Å². The summed E-state index contributed by atoms with van der Waals surface area (Å²) < 4.78 is 5.54. The maximum absolute atomic E-state index is 12.4. The third kappa shape index (κ3) is 6.19. The summed E-state index contributed by atoms with van der Waals surface area (Å²) in [6.07, 6.45) is 0.0666. The number of hydrogen-bond acceptors (Lipinski definition) is 7. The highest BCUT2D eigenvalue weighted by Crippen LogP contribution is 2.26. The van der Waals surface area contributed by atoms with Crippen molar-refractivity contribution in [1.82, 2.24) is 10.2 Å². The smallest absolute Gasteiger partial charge is 0.313 e. The molecule has 1 atom stereocenters. The zero-order chi connectivity index (χ0) is 23.0. The quantitative estimate of drug-likeness (QED) is 0.195. The van der Waals surface area contributed by atoms with Crippen LogP contribution in [0.5, 0.6) is 5.75 Å². The number of carbonyl (C=O) groups excluding carboxylic acids is 1. The first-order valence-corrected chi connectivity index (χ1v) is 11.5. The van der Waals surface area contributed by atoms with Crippen LogP contribution in [-0.4, -0.2) is 21.3 Å². The minimum absolute atomic E-state index is 0.0666. The second kappa shape index (κ2) is 10.8. The molecule has 0 amide bonds. The molecule has 2 aromatic heterocycles. The molecule has 0 saturated heterocycles. The van der Waals surface area contributed by atoms with Crippen LogP contribution in [0.4, 0.5) is 11.5 Å². The molecular weight excluding hydrogens is 454 g/mol. The number of nitrogens with one attached hydrogen (secondary N) is 2. The van der Waals surface area contributed by atoms with E-state index in [4.69, 9.17) is 22.7 Å². The number of anilines is 2. The predicted octanol–water partition coefficient (Wildman–Crippen LogP) is 5.01. The van der Waals surface area contributed by atoms with Gasteiger partial charge in [-0.2, -0.15) is 11.3 Å². The molecule has 4 N–H and O–H groups in total. The van der Waals surface area contributed by atoms with Crippen LogP contribution >= 0.6 is 23.6 Å². The van der Waals surface area contributed by atoms with Crippen molar-refractivity contribution in [2.45, 2.75) is 12.5 Å². The standard InChI is InChI=1S/C24H21N5O2S2/c25-18(17-12-13-33-15-17)14-23(30)31-21-9-5-4-8-20(21)26-24(32)27-22-11-10-19(28-29-22)16-6-2-1-3-7-16/h1-13,15,18H,14,25H2,(H2,26,27,29,32). The van der Waals surface area contributed by atoms with Gasteiger partial charge in [-0.05, 0) is 58.9 Å². The molecule has 166 valence electrons. The van der Waals surface area contributed by atoms with E-state index in [0.717, 1.165) is 16.8 Å².